The van der Waals surface area contributed by atoms with Crippen LogP contribution in [0.15, 0.2) is 47.5 Å². The fraction of sp³-hybridized carbons (Fsp3) is 0. The van der Waals surface area contributed by atoms with Gasteiger partial charge < -0.3 is 15.2 Å². The first kappa shape index (κ1) is 14.7. The molecule has 2 aromatic rings. The van der Waals surface area contributed by atoms with E-state index in [1.54, 1.807) is 12.1 Å². The van der Waals surface area contributed by atoms with E-state index in [-0.39, 0.29) is 22.5 Å². The minimum Gasteiger partial charge on any atom is -0.507 e. The number of nitro benzene ring substituents is 1. The third-order valence-electron chi connectivity index (χ3n) is 2.74. The van der Waals surface area contributed by atoms with Crippen molar-refractivity contribution in [3.05, 3.63) is 58.1 Å². The lowest BCUT2D eigenvalue weighted by molar-refractivity contribution is -0.384. The van der Waals surface area contributed by atoms with Crippen molar-refractivity contribution >= 4 is 30.2 Å². The highest BCUT2D eigenvalue weighted by atomic mass is 16.6. The van der Waals surface area contributed by atoms with Gasteiger partial charge in [-0.1, -0.05) is 12.1 Å². The topological polar surface area (TPSA) is 116 Å². The van der Waals surface area contributed by atoms with E-state index in [1.807, 2.05) is 0 Å². The van der Waals surface area contributed by atoms with E-state index >= 15 is 0 Å². The Hall–Kier alpha value is -2.71. The zero-order chi connectivity index (χ0) is 15.4. The molecule has 3 N–H and O–H groups in total. The van der Waals surface area contributed by atoms with Gasteiger partial charge in [0.15, 0.2) is 0 Å². The van der Waals surface area contributed by atoms with Crippen LogP contribution < -0.4 is 5.46 Å². The van der Waals surface area contributed by atoms with Crippen LogP contribution in [0.2, 0.25) is 0 Å². The highest BCUT2D eigenvalue weighted by molar-refractivity contribution is 6.58. The Kier molecular flexibility index (Phi) is 4.31. The van der Waals surface area contributed by atoms with Gasteiger partial charge in [-0.15, -0.1) is 0 Å². The summed E-state index contributed by atoms with van der Waals surface area (Å²) in [4.78, 5) is 14.2. The number of benzene rings is 2. The molecule has 0 saturated carbocycles. The van der Waals surface area contributed by atoms with Gasteiger partial charge in [0.2, 0.25) is 0 Å². The van der Waals surface area contributed by atoms with Gasteiger partial charge in [0, 0.05) is 23.9 Å². The number of aromatic hydroxyl groups is 1. The van der Waals surface area contributed by atoms with Crippen LogP contribution in [-0.2, 0) is 0 Å². The molecule has 0 fully saturated rings. The molecule has 0 spiro atoms. The summed E-state index contributed by atoms with van der Waals surface area (Å²) in [6, 6.07) is 9.79. The third kappa shape index (κ3) is 3.65. The minimum atomic E-state index is -1.61. The van der Waals surface area contributed by atoms with E-state index in [2.05, 4.69) is 4.99 Å². The van der Waals surface area contributed by atoms with Gasteiger partial charge in [-0.05, 0) is 23.7 Å². The summed E-state index contributed by atoms with van der Waals surface area (Å²) in [7, 11) is -1.61. The SMILES string of the molecule is O=[N+]([O-])c1ccc(O)c(C=Nc2cccc(B(O)O)c2)c1. The summed E-state index contributed by atoms with van der Waals surface area (Å²) >= 11 is 0. The van der Waals surface area contributed by atoms with Crippen molar-refractivity contribution in [1.82, 2.24) is 0 Å². The Bertz CT molecular complexity index is 703. The fourth-order valence-electron chi connectivity index (χ4n) is 1.67. The molecule has 2 aromatic carbocycles. The Morgan fingerprint density at radius 1 is 1.19 bits per heavy atom. The molecule has 0 unspecified atom stereocenters. The first-order valence-corrected chi connectivity index (χ1v) is 5.95. The second-order valence-corrected chi connectivity index (χ2v) is 4.23. The lowest BCUT2D eigenvalue weighted by Crippen LogP contribution is -2.29. The van der Waals surface area contributed by atoms with E-state index in [4.69, 9.17) is 10.0 Å². The van der Waals surface area contributed by atoms with E-state index < -0.39 is 12.0 Å². The van der Waals surface area contributed by atoms with Crippen LogP contribution in [0.25, 0.3) is 0 Å². The number of non-ortho nitro benzene ring substituents is 1. The average Bonchev–Trinajstić information content (AvgIpc) is 2.46. The Morgan fingerprint density at radius 2 is 1.95 bits per heavy atom. The fourth-order valence-corrected chi connectivity index (χ4v) is 1.67. The molecule has 21 heavy (non-hydrogen) atoms. The standard InChI is InChI=1S/C13H11BN2O5/c17-13-5-4-12(16(20)21)6-9(13)8-15-11-3-1-2-10(7-11)14(18)19/h1-8,17-19H. The first-order chi connectivity index (χ1) is 9.97. The lowest BCUT2D eigenvalue weighted by atomic mass is 9.80. The first-order valence-electron chi connectivity index (χ1n) is 5.95. The molecule has 0 amide bonds. The highest BCUT2D eigenvalue weighted by Gasteiger charge is 2.11. The zero-order valence-electron chi connectivity index (χ0n) is 10.7. The molecule has 106 valence electrons. The minimum absolute atomic E-state index is 0.136. The molecule has 7 nitrogen and oxygen atoms in total. The highest BCUT2D eigenvalue weighted by Crippen LogP contribution is 2.22. The van der Waals surface area contributed by atoms with Crippen molar-refractivity contribution in [2.45, 2.75) is 0 Å². The summed E-state index contributed by atoms with van der Waals surface area (Å²) in [6.45, 7) is 0. The zero-order valence-corrected chi connectivity index (χ0v) is 10.7. The number of aliphatic imine (C=N–C) groups is 1. The second-order valence-electron chi connectivity index (χ2n) is 4.23. The third-order valence-corrected chi connectivity index (χ3v) is 2.74. The molecule has 8 heteroatoms. The summed E-state index contributed by atoms with van der Waals surface area (Å²) in [6.07, 6.45) is 1.27. The maximum atomic E-state index is 10.7. The summed E-state index contributed by atoms with van der Waals surface area (Å²) in [5, 5.41) is 38.5. The molecular formula is C13H11BN2O5. The van der Waals surface area contributed by atoms with E-state index in [0.717, 1.165) is 0 Å². The number of hydrogen-bond donors (Lipinski definition) is 3. The maximum Gasteiger partial charge on any atom is 0.488 e. The number of hydrogen-bond acceptors (Lipinski definition) is 6. The van der Waals surface area contributed by atoms with Gasteiger partial charge in [-0.25, -0.2) is 0 Å². The molecule has 0 radical (unpaired) electrons. The van der Waals surface area contributed by atoms with Crippen LogP contribution in [0.1, 0.15) is 5.56 Å². The lowest BCUT2D eigenvalue weighted by Gasteiger charge is -2.01. The van der Waals surface area contributed by atoms with Gasteiger partial charge in [0.25, 0.3) is 5.69 Å². The van der Waals surface area contributed by atoms with E-state index in [1.165, 1.54) is 36.5 Å². The second kappa shape index (κ2) is 6.16. The van der Waals surface area contributed by atoms with Crippen molar-refractivity contribution in [3.8, 4) is 5.75 Å². The number of nitro groups is 1. The Morgan fingerprint density at radius 3 is 2.62 bits per heavy atom. The van der Waals surface area contributed by atoms with Crippen molar-refractivity contribution in [3.63, 3.8) is 0 Å². The van der Waals surface area contributed by atoms with Crippen LogP contribution in [-0.4, -0.2) is 33.4 Å². The molecule has 2 rings (SSSR count). The molecule has 0 aliphatic heterocycles. The van der Waals surface area contributed by atoms with Crippen LogP contribution in [0.4, 0.5) is 11.4 Å². The monoisotopic (exact) mass is 286 g/mol. The van der Waals surface area contributed by atoms with Crippen molar-refractivity contribution in [1.29, 1.82) is 0 Å². The number of phenolic OH excluding ortho intramolecular Hbond substituents is 1. The number of phenols is 1. The summed E-state index contributed by atoms with van der Waals surface area (Å²) < 4.78 is 0. The average molecular weight is 286 g/mol. The smallest absolute Gasteiger partial charge is 0.488 e. The van der Waals surface area contributed by atoms with Crippen molar-refractivity contribution < 1.29 is 20.1 Å². The van der Waals surface area contributed by atoms with Gasteiger partial charge in [0.1, 0.15) is 5.75 Å². The van der Waals surface area contributed by atoms with E-state index in [9.17, 15) is 15.2 Å². The predicted octanol–water partition coefficient (Wildman–Crippen LogP) is 0.731. The van der Waals surface area contributed by atoms with Gasteiger partial charge in [0.05, 0.1) is 10.6 Å². The van der Waals surface area contributed by atoms with E-state index in [0.29, 0.717) is 5.69 Å². The summed E-state index contributed by atoms with van der Waals surface area (Å²) in [5.74, 6) is -0.136. The van der Waals surface area contributed by atoms with Crippen molar-refractivity contribution in [2.24, 2.45) is 4.99 Å². The van der Waals surface area contributed by atoms with Crippen LogP contribution in [0, 0.1) is 10.1 Å². The van der Waals surface area contributed by atoms with Crippen LogP contribution in [0.3, 0.4) is 0 Å². The molecule has 0 atom stereocenters. The van der Waals surface area contributed by atoms with Crippen molar-refractivity contribution in [2.75, 3.05) is 0 Å². The largest absolute Gasteiger partial charge is 0.507 e. The number of nitrogens with zero attached hydrogens (tertiary/aromatic N) is 2. The molecule has 0 aliphatic rings. The summed E-state index contributed by atoms with van der Waals surface area (Å²) in [5.41, 5.74) is 0.729. The molecule has 0 aromatic heterocycles. The van der Waals surface area contributed by atoms with Gasteiger partial charge in [-0.3, -0.25) is 15.1 Å². The number of rotatable bonds is 4. The Labute approximate surface area is 120 Å². The van der Waals surface area contributed by atoms with Gasteiger partial charge >= 0.3 is 7.12 Å². The molecule has 0 bridgehead atoms. The Balaban J connectivity index is 2.31. The van der Waals surface area contributed by atoms with Crippen LogP contribution in [0.5, 0.6) is 5.75 Å². The molecule has 0 heterocycles. The normalized spacial score (nSPS) is 10.8. The quantitative estimate of drug-likeness (QED) is 0.331. The maximum absolute atomic E-state index is 10.7. The molecule has 0 aliphatic carbocycles. The predicted molar refractivity (Wildman–Crippen MR) is 78.3 cm³/mol. The van der Waals surface area contributed by atoms with Crippen LogP contribution >= 0.6 is 0 Å². The van der Waals surface area contributed by atoms with Gasteiger partial charge in [-0.2, -0.15) is 0 Å². The molecular weight excluding hydrogens is 275 g/mol. The molecule has 0 saturated heterocycles.